The van der Waals surface area contributed by atoms with Crippen molar-refractivity contribution >= 4 is 17.7 Å². The third-order valence-corrected chi connectivity index (χ3v) is 6.42. The Balaban J connectivity index is 1.56. The van der Waals surface area contributed by atoms with Crippen molar-refractivity contribution in [3.8, 4) is 0 Å². The van der Waals surface area contributed by atoms with Gasteiger partial charge in [0.2, 0.25) is 0 Å². The van der Waals surface area contributed by atoms with Gasteiger partial charge in [-0.15, -0.1) is 0 Å². The maximum Gasteiger partial charge on any atom is 0.199 e. The molecule has 6 heteroatoms. The monoisotopic (exact) mass is 425 g/mol. The molecule has 3 heterocycles. The van der Waals surface area contributed by atoms with E-state index in [9.17, 15) is 0 Å². The van der Waals surface area contributed by atoms with Gasteiger partial charge in [-0.05, 0) is 30.7 Å². The van der Waals surface area contributed by atoms with Gasteiger partial charge in [-0.1, -0.05) is 58.0 Å². The summed E-state index contributed by atoms with van der Waals surface area (Å²) in [5.41, 5.74) is 0.670. The van der Waals surface area contributed by atoms with Crippen LogP contribution in [0, 0.1) is 17.3 Å². The lowest BCUT2D eigenvalue weighted by Crippen LogP contribution is -2.39. The van der Waals surface area contributed by atoms with Gasteiger partial charge in [0.1, 0.15) is 25.2 Å². The van der Waals surface area contributed by atoms with E-state index in [1.807, 2.05) is 6.07 Å². The van der Waals surface area contributed by atoms with E-state index in [1.165, 1.54) is 5.56 Å². The van der Waals surface area contributed by atoms with Crippen LogP contribution in [-0.2, 0) is 20.6 Å². The smallest absolute Gasteiger partial charge is 0.199 e. The highest BCUT2D eigenvalue weighted by Crippen LogP contribution is 2.36. The second-order valence-corrected chi connectivity index (χ2v) is 9.80. The molecule has 0 saturated heterocycles. The second-order valence-electron chi connectivity index (χ2n) is 9.80. The number of hydrogen-bond donors (Lipinski definition) is 0. The average Bonchev–Trinajstić information content (AvgIpc) is 3.49. The number of rotatable bonds is 8. The van der Waals surface area contributed by atoms with Gasteiger partial charge < -0.3 is 14.2 Å². The van der Waals surface area contributed by atoms with E-state index in [0.717, 1.165) is 12.3 Å². The minimum atomic E-state index is -0.603. The van der Waals surface area contributed by atoms with Crippen molar-refractivity contribution in [3.05, 3.63) is 35.9 Å². The molecule has 0 unspecified atom stereocenters. The highest BCUT2D eigenvalue weighted by Gasteiger charge is 2.47. The highest BCUT2D eigenvalue weighted by atomic mass is 16.5. The third kappa shape index (κ3) is 4.78. The van der Waals surface area contributed by atoms with Crippen LogP contribution in [-0.4, -0.2) is 55.6 Å². The molecule has 0 N–H and O–H groups in total. The summed E-state index contributed by atoms with van der Waals surface area (Å²) >= 11 is 0. The molecular formula is C25H35N3O3. The van der Waals surface area contributed by atoms with Gasteiger partial charge in [-0.3, -0.25) is 0 Å². The number of aliphatic imine (C=N–C) groups is 3. The summed E-state index contributed by atoms with van der Waals surface area (Å²) in [5.74, 6) is 2.99. The first-order chi connectivity index (χ1) is 14.8. The van der Waals surface area contributed by atoms with Crippen LogP contribution in [0.15, 0.2) is 45.3 Å². The van der Waals surface area contributed by atoms with Crippen molar-refractivity contribution in [2.45, 2.75) is 65.6 Å². The Hall–Kier alpha value is -2.37. The fourth-order valence-electron chi connectivity index (χ4n) is 4.17. The average molecular weight is 426 g/mol. The quantitative estimate of drug-likeness (QED) is 0.623. The van der Waals surface area contributed by atoms with Gasteiger partial charge in [0.05, 0.1) is 18.1 Å². The molecule has 0 aromatic heterocycles. The maximum absolute atomic E-state index is 6.11. The van der Waals surface area contributed by atoms with Gasteiger partial charge in [-0.25, -0.2) is 15.0 Å². The zero-order valence-corrected chi connectivity index (χ0v) is 19.4. The van der Waals surface area contributed by atoms with E-state index in [4.69, 9.17) is 29.2 Å². The van der Waals surface area contributed by atoms with Crippen molar-refractivity contribution in [3.63, 3.8) is 0 Å². The maximum atomic E-state index is 6.11. The van der Waals surface area contributed by atoms with Gasteiger partial charge >= 0.3 is 0 Å². The van der Waals surface area contributed by atoms with E-state index >= 15 is 0 Å². The fraction of sp³-hybridized carbons (Fsp3) is 0.640. The Kier molecular flexibility index (Phi) is 6.35. The molecule has 0 radical (unpaired) electrons. The Morgan fingerprint density at radius 1 is 0.839 bits per heavy atom. The molecule has 0 spiro atoms. The minimum Gasteiger partial charge on any atom is -0.479 e. The van der Waals surface area contributed by atoms with E-state index < -0.39 is 5.41 Å². The molecule has 0 aliphatic carbocycles. The number of hydrogen-bond acceptors (Lipinski definition) is 6. The summed E-state index contributed by atoms with van der Waals surface area (Å²) in [7, 11) is 0. The van der Waals surface area contributed by atoms with Gasteiger partial charge in [-0.2, -0.15) is 0 Å². The fourth-order valence-corrected chi connectivity index (χ4v) is 4.17. The predicted molar refractivity (Wildman–Crippen MR) is 124 cm³/mol. The van der Waals surface area contributed by atoms with Crippen molar-refractivity contribution in [2.75, 3.05) is 19.8 Å². The van der Waals surface area contributed by atoms with Crippen LogP contribution in [0.4, 0.5) is 0 Å². The van der Waals surface area contributed by atoms with Crippen LogP contribution in [0.3, 0.4) is 0 Å². The molecule has 0 amide bonds. The zero-order valence-electron chi connectivity index (χ0n) is 19.4. The Labute approximate surface area is 185 Å². The molecule has 0 bridgehead atoms. The van der Waals surface area contributed by atoms with Crippen LogP contribution >= 0.6 is 0 Å². The van der Waals surface area contributed by atoms with E-state index in [2.05, 4.69) is 58.9 Å². The highest BCUT2D eigenvalue weighted by molar-refractivity contribution is 6.08. The molecule has 3 aliphatic rings. The molecule has 0 saturated carbocycles. The lowest BCUT2D eigenvalue weighted by atomic mass is 9.85. The summed E-state index contributed by atoms with van der Waals surface area (Å²) in [6, 6.07) is 10.9. The van der Waals surface area contributed by atoms with Crippen molar-refractivity contribution in [1.82, 2.24) is 0 Å². The molecule has 4 rings (SSSR count). The molecule has 3 atom stereocenters. The van der Waals surface area contributed by atoms with Crippen molar-refractivity contribution in [2.24, 2.45) is 32.2 Å². The number of nitrogens with zero attached hydrogens (tertiary/aromatic N) is 3. The van der Waals surface area contributed by atoms with Crippen LogP contribution in [0.25, 0.3) is 0 Å². The molecule has 168 valence electrons. The first-order valence-electron chi connectivity index (χ1n) is 11.5. The lowest BCUT2D eigenvalue weighted by molar-refractivity contribution is 0.240. The summed E-state index contributed by atoms with van der Waals surface area (Å²) in [6.07, 6.45) is 1.42. The zero-order chi connectivity index (χ0) is 22.0. The largest absolute Gasteiger partial charge is 0.479 e. The SMILES string of the molecule is CC(C)[C@H]1COC(C(C)(CC2=N[C@@H](Cc3ccccc3)CO2)C2=N[C@@H](C(C)C)CO2)=N1. The molecule has 6 nitrogen and oxygen atoms in total. The standard InChI is InChI=1S/C25H35N3O3/c1-16(2)20-14-30-23(27-20)25(5,24-28-21(15-31-24)17(3)4)12-22-26-19(13-29-22)11-18-9-7-6-8-10-18/h6-10,16-17,19-21H,11-15H2,1-5H3/t19-,20+,21+/m0/s1. The topological polar surface area (TPSA) is 64.8 Å². The van der Waals surface area contributed by atoms with E-state index in [1.54, 1.807) is 0 Å². The Bertz CT molecular complexity index is 826. The number of benzene rings is 1. The van der Waals surface area contributed by atoms with Crippen LogP contribution in [0.1, 0.15) is 46.6 Å². The first kappa shape index (κ1) is 21.8. The lowest BCUT2D eigenvalue weighted by Gasteiger charge is -2.27. The summed E-state index contributed by atoms with van der Waals surface area (Å²) < 4.78 is 18.3. The number of ether oxygens (including phenoxy) is 3. The molecular weight excluding hydrogens is 390 g/mol. The van der Waals surface area contributed by atoms with Crippen LogP contribution < -0.4 is 0 Å². The van der Waals surface area contributed by atoms with E-state index in [-0.39, 0.29) is 18.1 Å². The van der Waals surface area contributed by atoms with Crippen molar-refractivity contribution < 1.29 is 14.2 Å². The predicted octanol–water partition coefficient (Wildman–Crippen LogP) is 4.33. The Morgan fingerprint density at radius 3 is 1.94 bits per heavy atom. The van der Waals surface area contributed by atoms with Crippen LogP contribution in [0.5, 0.6) is 0 Å². The molecule has 3 aliphatic heterocycles. The van der Waals surface area contributed by atoms with Gasteiger partial charge in [0, 0.05) is 6.42 Å². The minimum absolute atomic E-state index is 0.131. The summed E-state index contributed by atoms with van der Waals surface area (Å²) in [4.78, 5) is 14.7. The first-order valence-corrected chi connectivity index (χ1v) is 11.5. The van der Waals surface area contributed by atoms with E-state index in [0.29, 0.717) is 49.9 Å². The normalized spacial score (nSPS) is 25.8. The second kappa shape index (κ2) is 9.01. The summed E-state index contributed by atoms with van der Waals surface area (Å²) in [5, 5.41) is 0. The Morgan fingerprint density at radius 2 is 1.42 bits per heavy atom. The van der Waals surface area contributed by atoms with Crippen LogP contribution in [0.2, 0.25) is 0 Å². The molecule has 0 fully saturated rings. The molecule has 31 heavy (non-hydrogen) atoms. The molecule has 1 aromatic carbocycles. The summed E-state index contributed by atoms with van der Waals surface area (Å²) in [6.45, 7) is 12.6. The van der Waals surface area contributed by atoms with Crippen molar-refractivity contribution in [1.29, 1.82) is 0 Å². The van der Waals surface area contributed by atoms with Gasteiger partial charge in [0.15, 0.2) is 17.7 Å². The molecule has 1 aromatic rings. The third-order valence-electron chi connectivity index (χ3n) is 6.42. The van der Waals surface area contributed by atoms with Gasteiger partial charge in [0.25, 0.3) is 0 Å².